The molecule has 2 rings (SSSR count). The number of hydrogen-bond donors (Lipinski definition) is 5. The Balaban J connectivity index is 0. The number of aliphatic hydroxyl groups is 1. The van der Waals surface area contributed by atoms with E-state index in [1.54, 1.807) is 0 Å². The summed E-state index contributed by atoms with van der Waals surface area (Å²) in [4.78, 5) is 16.7. The number of benzene rings is 2. The largest absolute Gasteiger partial charge is 0.392 e. The molecule has 7 heteroatoms. The standard InChI is InChI=1S/C9H13N.C8H11NO.2CHNO/c1-3-8-5-4-6-9(7-8)10-2;1-9-8-4-2-7(6-10)3-5-8;2*2-1-3/h4-7,10H,3H2,1-2H3;2-5,9-10H,6H2,1H3;2*2H. The molecule has 0 spiro atoms. The Morgan fingerprint density at radius 2 is 1.38 bits per heavy atom. The smallest absolute Gasteiger partial charge is 0.231 e. The number of carbonyl (C=O) groups excluding carboxylic acids is 2. The number of anilines is 2. The first-order valence-electron chi connectivity index (χ1n) is 7.78. The zero-order valence-electron chi connectivity index (χ0n) is 15.3. The summed E-state index contributed by atoms with van der Waals surface area (Å²) >= 11 is 0. The molecule has 0 amide bonds. The van der Waals surface area contributed by atoms with Gasteiger partial charge in [0, 0.05) is 25.5 Å². The summed E-state index contributed by atoms with van der Waals surface area (Å²) in [7, 11) is 3.81. The molecular formula is C19H26N4O3. The minimum absolute atomic E-state index is 0.115. The molecule has 5 N–H and O–H groups in total. The third-order valence-electron chi connectivity index (χ3n) is 3.05. The Morgan fingerprint density at radius 1 is 0.885 bits per heavy atom. The molecule has 0 aliphatic carbocycles. The minimum atomic E-state index is 0.115. The van der Waals surface area contributed by atoms with E-state index in [2.05, 4.69) is 41.8 Å². The van der Waals surface area contributed by atoms with Crippen molar-refractivity contribution in [3.05, 3.63) is 59.7 Å². The predicted octanol–water partition coefficient (Wildman–Crippen LogP) is 3.31. The van der Waals surface area contributed by atoms with Gasteiger partial charge in [-0.25, -0.2) is 20.4 Å². The highest BCUT2D eigenvalue weighted by Gasteiger charge is 1.89. The van der Waals surface area contributed by atoms with E-state index in [4.69, 9.17) is 25.5 Å². The minimum Gasteiger partial charge on any atom is -0.392 e. The molecule has 0 bridgehead atoms. The first-order valence-corrected chi connectivity index (χ1v) is 7.78. The lowest BCUT2D eigenvalue weighted by Crippen LogP contribution is -1.88. The molecule has 0 saturated carbocycles. The molecule has 0 unspecified atom stereocenters. The molecule has 0 aliphatic heterocycles. The van der Waals surface area contributed by atoms with Crippen molar-refractivity contribution in [3.8, 4) is 0 Å². The maximum atomic E-state index is 8.68. The van der Waals surface area contributed by atoms with Crippen LogP contribution >= 0.6 is 0 Å². The molecule has 0 saturated heterocycles. The third kappa shape index (κ3) is 13.2. The Labute approximate surface area is 154 Å². The van der Waals surface area contributed by atoms with Crippen LogP contribution in [0.25, 0.3) is 0 Å². The Bertz CT molecular complexity index is 606. The summed E-state index contributed by atoms with van der Waals surface area (Å²) in [6.07, 6.45) is 2.61. The van der Waals surface area contributed by atoms with Crippen molar-refractivity contribution in [2.24, 2.45) is 0 Å². The average Bonchev–Trinajstić information content (AvgIpc) is 2.69. The van der Waals surface area contributed by atoms with Gasteiger partial charge >= 0.3 is 0 Å². The summed E-state index contributed by atoms with van der Waals surface area (Å²) in [5, 5.41) is 25.6. The lowest BCUT2D eigenvalue weighted by molar-refractivity contribution is 0.282. The molecule has 2 aromatic rings. The van der Waals surface area contributed by atoms with Gasteiger partial charge in [-0.3, -0.25) is 0 Å². The molecule has 0 fully saturated rings. The second kappa shape index (κ2) is 18.1. The predicted molar refractivity (Wildman–Crippen MR) is 104 cm³/mol. The van der Waals surface area contributed by atoms with E-state index in [-0.39, 0.29) is 6.61 Å². The Kier molecular flexibility index (Phi) is 17.4. The van der Waals surface area contributed by atoms with Crippen LogP contribution in [-0.2, 0) is 22.6 Å². The van der Waals surface area contributed by atoms with Gasteiger partial charge in [-0.1, -0.05) is 31.2 Å². The first kappa shape index (κ1) is 25.0. The normalized spacial score (nSPS) is 7.85. The highest BCUT2D eigenvalue weighted by molar-refractivity contribution is 5.45. The van der Waals surface area contributed by atoms with Crippen LogP contribution in [0.3, 0.4) is 0 Å². The number of hydrogen-bond acceptors (Lipinski definition) is 7. The maximum Gasteiger partial charge on any atom is 0.231 e. The monoisotopic (exact) mass is 358 g/mol. The van der Waals surface area contributed by atoms with Gasteiger partial charge < -0.3 is 15.7 Å². The fourth-order valence-corrected chi connectivity index (χ4v) is 1.72. The van der Waals surface area contributed by atoms with E-state index in [1.165, 1.54) is 11.3 Å². The van der Waals surface area contributed by atoms with Gasteiger partial charge in [0.15, 0.2) is 0 Å². The van der Waals surface area contributed by atoms with E-state index in [0.29, 0.717) is 0 Å². The molecule has 26 heavy (non-hydrogen) atoms. The van der Waals surface area contributed by atoms with Crippen LogP contribution in [0, 0.1) is 10.8 Å². The number of nitrogens with one attached hydrogen (secondary N) is 4. The van der Waals surface area contributed by atoms with Crippen LogP contribution in [0.1, 0.15) is 18.1 Å². The van der Waals surface area contributed by atoms with Crippen molar-refractivity contribution in [2.75, 3.05) is 24.7 Å². The number of aryl methyl sites for hydroxylation is 1. The van der Waals surface area contributed by atoms with E-state index in [9.17, 15) is 0 Å². The second-order valence-corrected chi connectivity index (χ2v) is 4.61. The Hall–Kier alpha value is -3.24. The van der Waals surface area contributed by atoms with E-state index >= 15 is 0 Å². The number of aliphatic hydroxyl groups excluding tert-OH is 1. The quantitative estimate of drug-likeness (QED) is 0.423. The van der Waals surface area contributed by atoms with Gasteiger partial charge in [0.25, 0.3) is 0 Å². The molecule has 0 heterocycles. The maximum absolute atomic E-state index is 8.68. The summed E-state index contributed by atoms with van der Waals surface area (Å²) in [6.45, 7) is 2.28. The number of rotatable bonds is 4. The fraction of sp³-hybridized carbons (Fsp3) is 0.263. The van der Waals surface area contributed by atoms with Gasteiger partial charge in [0.2, 0.25) is 12.2 Å². The first-order chi connectivity index (χ1) is 12.6. The van der Waals surface area contributed by atoms with Gasteiger partial charge in [0.05, 0.1) is 6.61 Å². The molecule has 0 aromatic heterocycles. The topological polar surface area (TPSA) is 126 Å². The summed E-state index contributed by atoms with van der Waals surface area (Å²) in [5.74, 6) is 0. The molecule has 0 atom stereocenters. The van der Waals surface area contributed by atoms with Crippen molar-refractivity contribution in [1.29, 1.82) is 10.8 Å². The van der Waals surface area contributed by atoms with Crippen LogP contribution in [0.2, 0.25) is 0 Å². The zero-order valence-corrected chi connectivity index (χ0v) is 15.3. The van der Waals surface area contributed by atoms with Crippen LogP contribution < -0.4 is 10.6 Å². The van der Waals surface area contributed by atoms with Gasteiger partial charge in [-0.15, -0.1) is 0 Å². The molecule has 7 nitrogen and oxygen atoms in total. The molecule has 0 radical (unpaired) electrons. The molecule has 0 aliphatic rings. The second-order valence-electron chi connectivity index (χ2n) is 4.61. The van der Waals surface area contributed by atoms with E-state index < -0.39 is 0 Å². The van der Waals surface area contributed by atoms with Crippen molar-refractivity contribution >= 4 is 23.5 Å². The third-order valence-corrected chi connectivity index (χ3v) is 3.05. The van der Waals surface area contributed by atoms with Gasteiger partial charge in [-0.2, -0.15) is 0 Å². The molecule has 2 aromatic carbocycles. The van der Waals surface area contributed by atoms with Crippen molar-refractivity contribution < 1.29 is 14.7 Å². The van der Waals surface area contributed by atoms with Crippen LogP contribution in [0.4, 0.5) is 11.4 Å². The highest BCUT2D eigenvalue weighted by Crippen LogP contribution is 2.09. The average molecular weight is 358 g/mol. The van der Waals surface area contributed by atoms with Crippen molar-refractivity contribution in [1.82, 2.24) is 0 Å². The van der Waals surface area contributed by atoms with Gasteiger partial charge in [-0.05, 0) is 41.8 Å². The van der Waals surface area contributed by atoms with E-state index in [1.807, 2.05) is 38.4 Å². The van der Waals surface area contributed by atoms with Crippen LogP contribution in [0.5, 0.6) is 0 Å². The highest BCUT2D eigenvalue weighted by atomic mass is 16.3. The summed E-state index contributed by atoms with van der Waals surface area (Å²) in [5.41, 5.74) is 4.59. The SMILES string of the molecule is CCc1cccc(NC)c1.CNc1ccc(CO)cc1.N=C=O.N=C=O. The van der Waals surface area contributed by atoms with Crippen LogP contribution in [-0.4, -0.2) is 31.4 Å². The lowest BCUT2D eigenvalue weighted by atomic mass is 10.1. The zero-order chi connectivity index (χ0) is 20.2. The lowest BCUT2D eigenvalue weighted by Gasteiger charge is -2.00. The molecular weight excluding hydrogens is 332 g/mol. The van der Waals surface area contributed by atoms with Crippen molar-refractivity contribution in [2.45, 2.75) is 20.0 Å². The van der Waals surface area contributed by atoms with Crippen LogP contribution in [0.15, 0.2) is 48.5 Å². The van der Waals surface area contributed by atoms with E-state index in [0.717, 1.165) is 29.8 Å². The van der Waals surface area contributed by atoms with Crippen molar-refractivity contribution in [3.63, 3.8) is 0 Å². The summed E-state index contributed by atoms with van der Waals surface area (Å²) < 4.78 is 0. The molecule has 140 valence electrons. The summed E-state index contributed by atoms with van der Waals surface area (Å²) in [6, 6.07) is 16.1. The Morgan fingerprint density at radius 3 is 1.77 bits per heavy atom. The van der Waals surface area contributed by atoms with Gasteiger partial charge in [0.1, 0.15) is 0 Å². The fourth-order valence-electron chi connectivity index (χ4n) is 1.72. The number of isocyanates is 2.